The SMILES string of the molecule is C=C=C=C=C=CC(CC)c1ccco1. The van der Waals surface area contributed by atoms with E-state index in [2.05, 4.69) is 36.4 Å². The fourth-order valence-electron chi connectivity index (χ4n) is 1.13. The summed E-state index contributed by atoms with van der Waals surface area (Å²) in [5.74, 6) is 1.20. The highest BCUT2D eigenvalue weighted by atomic mass is 16.3. The topological polar surface area (TPSA) is 13.1 Å². The molecular formula is C13H12O. The third kappa shape index (κ3) is 2.88. The first-order valence-corrected chi connectivity index (χ1v) is 4.52. The molecule has 0 saturated carbocycles. The minimum absolute atomic E-state index is 0.254. The van der Waals surface area contributed by atoms with Crippen LogP contribution in [-0.4, -0.2) is 0 Å². The van der Waals surface area contributed by atoms with Crippen molar-refractivity contribution in [3.05, 3.63) is 59.7 Å². The predicted octanol–water partition coefficient (Wildman–Crippen LogP) is 3.58. The summed E-state index contributed by atoms with van der Waals surface area (Å²) in [7, 11) is 0. The molecule has 0 amide bonds. The molecular weight excluding hydrogens is 172 g/mol. The van der Waals surface area contributed by atoms with Crippen LogP contribution >= 0.6 is 0 Å². The van der Waals surface area contributed by atoms with Crippen LogP contribution in [0.1, 0.15) is 25.0 Å². The Hall–Kier alpha value is -1.86. The Kier molecular flexibility index (Phi) is 4.18. The Morgan fingerprint density at radius 1 is 1.57 bits per heavy atom. The summed E-state index contributed by atoms with van der Waals surface area (Å²) in [5.41, 5.74) is 10.6. The fourth-order valence-corrected chi connectivity index (χ4v) is 1.13. The van der Waals surface area contributed by atoms with Gasteiger partial charge in [0.15, 0.2) is 0 Å². The molecule has 1 unspecified atom stereocenters. The van der Waals surface area contributed by atoms with Crippen molar-refractivity contribution in [3.63, 3.8) is 0 Å². The highest BCUT2D eigenvalue weighted by Crippen LogP contribution is 2.20. The zero-order valence-corrected chi connectivity index (χ0v) is 8.21. The van der Waals surface area contributed by atoms with Gasteiger partial charge in [0.2, 0.25) is 0 Å². The van der Waals surface area contributed by atoms with Crippen molar-refractivity contribution in [3.8, 4) is 0 Å². The minimum Gasteiger partial charge on any atom is -0.469 e. The highest BCUT2D eigenvalue weighted by molar-refractivity contribution is 5.12. The summed E-state index contributed by atoms with van der Waals surface area (Å²) in [5, 5.41) is 0. The molecule has 0 N–H and O–H groups in total. The summed E-state index contributed by atoms with van der Waals surface area (Å²) < 4.78 is 5.30. The molecule has 1 heterocycles. The molecule has 0 radical (unpaired) electrons. The monoisotopic (exact) mass is 184 g/mol. The second-order valence-electron chi connectivity index (χ2n) is 2.77. The van der Waals surface area contributed by atoms with E-state index in [9.17, 15) is 0 Å². The Morgan fingerprint density at radius 3 is 3.00 bits per heavy atom. The van der Waals surface area contributed by atoms with Crippen molar-refractivity contribution in [2.24, 2.45) is 0 Å². The third-order valence-electron chi connectivity index (χ3n) is 1.86. The van der Waals surface area contributed by atoms with Crippen LogP contribution in [0.2, 0.25) is 0 Å². The molecule has 0 fully saturated rings. The largest absolute Gasteiger partial charge is 0.469 e. The van der Waals surface area contributed by atoms with Crippen molar-refractivity contribution in [1.82, 2.24) is 0 Å². The minimum atomic E-state index is 0.254. The van der Waals surface area contributed by atoms with E-state index in [0.717, 1.165) is 12.2 Å². The van der Waals surface area contributed by atoms with Gasteiger partial charge in [0.25, 0.3) is 0 Å². The number of hydrogen-bond acceptors (Lipinski definition) is 1. The lowest BCUT2D eigenvalue weighted by molar-refractivity contribution is 0.485. The summed E-state index contributed by atoms with van der Waals surface area (Å²) in [6, 6.07) is 3.84. The molecule has 1 heteroatoms. The van der Waals surface area contributed by atoms with E-state index in [0.29, 0.717) is 0 Å². The van der Waals surface area contributed by atoms with Gasteiger partial charge < -0.3 is 4.42 Å². The molecule has 0 bridgehead atoms. The lowest BCUT2D eigenvalue weighted by atomic mass is 10.0. The average molecular weight is 184 g/mol. The quantitative estimate of drug-likeness (QED) is 0.654. The Morgan fingerprint density at radius 2 is 2.43 bits per heavy atom. The van der Waals surface area contributed by atoms with Gasteiger partial charge in [-0.1, -0.05) is 18.4 Å². The normalized spacial score (nSPS) is 10.4. The first-order chi connectivity index (χ1) is 6.88. The number of allylic oxidation sites excluding steroid dienone is 1. The van der Waals surface area contributed by atoms with Crippen molar-refractivity contribution in [2.75, 3.05) is 0 Å². The lowest BCUT2D eigenvalue weighted by Crippen LogP contribution is -1.88. The van der Waals surface area contributed by atoms with Gasteiger partial charge in [-0.3, -0.25) is 0 Å². The summed E-state index contributed by atoms with van der Waals surface area (Å²) in [6.45, 7) is 5.47. The van der Waals surface area contributed by atoms with Crippen molar-refractivity contribution < 1.29 is 4.42 Å². The zero-order valence-electron chi connectivity index (χ0n) is 8.21. The van der Waals surface area contributed by atoms with E-state index >= 15 is 0 Å². The molecule has 0 aliphatic carbocycles. The van der Waals surface area contributed by atoms with Crippen LogP contribution in [0.3, 0.4) is 0 Å². The van der Waals surface area contributed by atoms with Gasteiger partial charge in [0.1, 0.15) is 5.76 Å². The van der Waals surface area contributed by atoms with Crippen LogP contribution in [-0.2, 0) is 0 Å². The maximum absolute atomic E-state index is 5.30. The third-order valence-corrected chi connectivity index (χ3v) is 1.86. The predicted molar refractivity (Wildman–Crippen MR) is 56.0 cm³/mol. The Labute approximate surface area is 84.1 Å². The summed E-state index contributed by atoms with van der Waals surface area (Å²) in [4.78, 5) is 0. The van der Waals surface area contributed by atoms with Gasteiger partial charge in [-0.05, 0) is 42.7 Å². The van der Waals surface area contributed by atoms with Crippen molar-refractivity contribution >= 4 is 0 Å². The van der Waals surface area contributed by atoms with Crippen LogP contribution in [0.25, 0.3) is 0 Å². The molecule has 14 heavy (non-hydrogen) atoms. The zero-order chi connectivity index (χ0) is 10.2. The van der Waals surface area contributed by atoms with Crippen LogP contribution < -0.4 is 0 Å². The maximum Gasteiger partial charge on any atom is 0.111 e. The van der Waals surface area contributed by atoms with E-state index < -0.39 is 0 Å². The van der Waals surface area contributed by atoms with Crippen LogP contribution in [0.5, 0.6) is 0 Å². The second kappa shape index (κ2) is 5.73. The van der Waals surface area contributed by atoms with Crippen LogP contribution in [0, 0.1) is 0 Å². The van der Waals surface area contributed by atoms with Crippen LogP contribution in [0.15, 0.2) is 58.4 Å². The molecule has 0 saturated heterocycles. The molecule has 0 aliphatic rings. The van der Waals surface area contributed by atoms with Crippen molar-refractivity contribution in [1.29, 1.82) is 0 Å². The van der Waals surface area contributed by atoms with E-state index in [1.54, 1.807) is 6.26 Å². The maximum atomic E-state index is 5.30. The number of furan rings is 1. The second-order valence-corrected chi connectivity index (χ2v) is 2.77. The molecule has 1 rings (SSSR count). The van der Waals surface area contributed by atoms with Gasteiger partial charge in [0, 0.05) is 5.92 Å². The number of rotatable bonds is 3. The molecule has 70 valence electrons. The highest BCUT2D eigenvalue weighted by Gasteiger charge is 2.06. The first kappa shape index (κ1) is 10.2. The number of hydrogen-bond donors (Lipinski definition) is 0. The molecule has 0 aliphatic heterocycles. The molecule has 1 atom stereocenters. The average Bonchev–Trinajstić information content (AvgIpc) is 2.71. The lowest BCUT2D eigenvalue weighted by Gasteiger charge is -2.02. The van der Waals surface area contributed by atoms with Gasteiger partial charge in [-0.15, -0.1) is 0 Å². The van der Waals surface area contributed by atoms with E-state index in [1.807, 2.05) is 18.2 Å². The standard InChI is InChI=1S/C13H12O/c1-3-5-6-7-9-12(4-2)13-10-8-11-14-13/h8-12H,1,4H2,2H3. The van der Waals surface area contributed by atoms with E-state index in [4.69, 9.17) is 4.42 Å². The summed E-state index contributed by atoms with van der Waals surface area (Å²) in [6.07, 6.45) is 4.55. The van der Waals surface area contributed by atoms with Gasteiger partial charge in [-0.25, -0.2) is 0 Å². The molecule has 1 aromatic rings. The Bertz CT molecular complexity index is 414. The molecule has 0 aromatic carbocycles. The van der Waals surface area contributed by atoms with Crippen molar-refractivity contribution in [2.45, 2.75) is 19.3 Å². The molecule has 0 spiro atoms. The van der Waals surface area contributed by atoms with Gasteiger partial charge in [-0.2, -0.15) is 0 Å². The Balaban J connectivity index is 2.90. The molecule has 1 aromatic heterocycles. The first-order valence-electron chi connectivity index (χ1n) is 4.52. The van der Waals surface area contributed by atoms with E-state index in [-0.39, 0.29) is 5.92 Å². The smallest absolute Gasteiger partial charge is 0.111 e. The van der Waals surface area contributed by atoms with Gasteiger partial charge in [0.05, 0.1) is 6.26 Å². The van der Waals surface area contributed by atoms with E-state index in [1.165, 1.54) is 0 Å². The summed E-state index contributed by atoms with van der Waals surface area (Å²) >= 11 is 0. The molecule has 1 nitrogen and oxygen atoms in total. The van der Waals surface area contributed by atoms with Gasteiger partial charge >= 0.3 is 0 Å². The fraction of sp³-hybridized carbons (Fsp3) is 0.231. The van der Waals surface area contributed by atoms with Crippen LogP contribution in [0.4, 0.5) is 0 Å².